The highest BCUT2D eigenvalue weighted by atomic mass is 32.2. The van der Waals surface area contributed by atoms with Gasteiger partial charge in [0.1, 0.15) is 17.8 Å². The molecule has 3 heterocycles. The van der Waals surface area contributed by atoms with Crippen molar-refractivity contribution >= 4 is 41.1 Å². The second-order valence-electron chi connectivity index (χ2n) is 15.1. The summed E-state index contributed by atoms with van der Waals surface area (Å²) >= 11 is 1.47. The van der Waals surface area contributed by atoms with E-state index in [9.17, 15) is 32.3 Å². The summed E-state index contributed by atoms with van der Waals surface area (Å²) in [6.45, 7) is 0.0923. The Morgan fingerprint density at radius 3 is 1.93 bits per heavy atom. The largest absolute Gasteiger partial charge is 0.495 e. The van der Waals surface area contributed by atoms with Gasteiger partial charge in [-0.25, -0.2) is 0 Å². The first-order valence-corrected chi connectivity index (χ1v) is 20.7. The fourth-order valence-electron chi connectivity index (χ4n) is 8.09. The first-order chi connectivity index (χ1) is 27.0. The molecule has 13 heteroatoms. The number of halogens is 3. The molecule has 0 saturated carbocycles. The summed E-state index contributed by atoms with van der Waals surface area (Å²) in [7, 11) is 1.56. The SMILES string of the molecule is COc1ccccc1N1CCCCC(NC(=O)C(CCC(Cc2ccccc2)C(=O)N[C@H]2CCS[C@H]3CCC(C(F)(F)F)CN3C2=O)Cc2ccccc2)C1=O. The van der Waals surface area contributed by atoms with Crippen LogP contribution in [0.15, 0.2) is 84.9 Å². The Hall–Kier alpha value is -4.52. The molecule has 9 nitrogen and oxygen atoms in total. The van der Waals surface area contributed by atoms with Crippen molar-refractivity contribution in [1.29, 1.82) is 0 Å². The normalized spacial score (nSPS) is 22.9. The van der Waals surface area contributed by atoms with Gasteiger partial charge in [-0.15, -0.1) is 11.8 Å². The third-order valence-electron chi connectivity index (χ3n) is 11.2. The summed E-state index contributed by atoms with van der Waals surface area (Å²) in [4.78, 5) is 59.2. The summed E-state index contributed by atoms with van der Waals surface area (Å²) in [6.07, 6.45) is -0.488. The van der Waals surface area contributed by atoms with Crippen molar-refractivity contribution in [2.75, 3.05) is 30.9 Å². The fourth-order valence-corrected chi connectivity index (χ4v) is 9.41. The molecular formula is C43H51F3N4O5S. The van der Waals surface area contributed by atoms with Crippen molar-refractivity contribution in [1.82, 2.24) is 15.5 Å². The molecule has 0 aliphatic carbocycles. The molecule has 3 aromatic rings. The zero-order valence-corrected chi connectivity index (χ0v) is 32.5. The molecule has 0 spiro atoms. The minimum Gasteiger partial charge on any atom is -0.495 e. The first-order valence-electron chi connectivity index (χ1n) is 19.6. The molecule has 3 saturated heterocycles. The van der Waals surface area contributed by atoms with Gasteiger partial charge in [-0.05, 0) is 93.2 Å². The van der Waals surface area contributed by atoms with Gasteiger partial charge in [0.15, 0.2) is 0 Å². The maximum Gasteiger partial charge on any atom is 0.393 e. The van der Waals surface area contributed by atoms with Crippen LogP contribution in [-0.4, -0.2) is 78.1 Å². The number of carbonyl (C=O) groups excluding carboxylic acids is 4. The van der Waals surface area contributed by atoms with Crippen molar-refractivity contribution in [3.05, 3.63) is 96.1 Å². The lowest BCUT2D eigenvalue weighted by atomic mass is 9.86. The van der Waals surface area contributed by atoms with Crippen LogP contribution >= 0.6 is 11.8 Å². The quantitative estimate of drug-likeness (QED) is 0.194. The first kappa shape index (κ1) is 41.1. The smallest absolute Gasteiger partial charge is 0.393 e. The third-order valence-corrected chi connectivity index (χ3v) is 12.6. The van der Waals surface area contributed by atoms with Crippen molar-refractivity contribution in [2.45, 2.75) is 87.8 Å². The zero-order valence-electron chi connectivity index (χ0n) is 31.7. The number of methoxy groups -OCH3 is 1. The van der Waals surface area contributed by atoms with E-state index in [0.29, 0.717) is 62.3 Å². The molecule has 3 aliphatic rings. The Balaban J connectivity index is 1.19. The molecule has 300 valence electrons. The van der Waals surface area contributed by atoms with Gasteiger partial charge in [-0.1, -0.05) is 72.8 Å². The highest BCUT2D eigenvalue weighted by Gasteiger charge is 2.47. The third kappa shape index (κ3) is 10.5. The number of anilines is 1. The topological polar surface area (TPSA) is 108 Å². The Morgan fingerprint density at radius 2 is 1.34 bits per heavy atom. The molecule has 6 rings (SSSR count). The summed E-state index contributed by atoms with van der Waals surface area (Å²) in [5, 5.41) is 5.68. The molecule has 3 aromatic carbocycles. The predicted molar refractivity (Wildman–Crippen MR) is 211 cm³/mol. The van der Waals surface area contributed by atoms with Gasteiger partial charge in [0, 0.05) is 24.9 Å². The lowest BCUT2D eigenvalue weighted by Crippen LogP contribution is -2.55. The number of fused-ring (bicyclic) bond motifs is 1. The minimum absolute atomic E-state index is 0.0201. The lowest BCUT2D eigenvalue weighted by molar-refractivity contribution is -0.189. The number of piperidine rings is 1. The van der Waals surface area contributed by atoms with E-state index in [0.717, 1.165) is 24.0 Å². The molecule has 0 radical (unpaired) electrons. The van der Waals surface area contributed by atoms with E-state index in [2.05, 4.69) is 10.6 Å². The van der Waals surface area contributed by atoms with Crippen LogP contribution in [-0.2, 0) is 32.0 Å². The van der Waals surface area contributed by atoms with E-state index in [1.54, 1.807) is 18.1 Å². The number of benzene rings is 3. The Kier molecular flexibility index (Phi) is 14.0. The number of ether oxygens (including phenoxy) is 1. The van der Waals surface area contributed by atoms with Crippen LogP contribution in [0, 0.1) is 17.8 Å². The second kappa shape index (κ2) is 19.1. The minimum atomic E-state index is -4.40. The lowest BCUT2D eigenvalue weighted by Gasteiger charge is -2.39. The number of alkyl halides is 3. The Bertz CT molecular complexity index is 1800. The zero-order chi connectivity index (χ0) is 39.7. The average molecular weight is 793 g/mol. The Labute approximate surface area is 331 Å². The van der Waals surface area contributed by atoms with Crippen molar-refractivity contribution in [3.63, 3.8) is 0 Å². The maximum atomic E-state index is 14.3. The van der Waals surface area contributed by atoms with Crippen LogP contribution in [0.5, 0.6) is 5.75 Å². The molecule has 0 bridgehead atoms. The molecule has 2 N–H and O–H groups in total. The van der Waals surface area contributed by atoms with Crippen LogP contribution in [0.2, 0.25) is 0 Å². The van der Waals surface area contributed by atoms with Gasteiger partial charge in [0.2, 0.25) is 23.6 Å². The average Bonchev–Trinajstić information content (AvgIpc) is 3.48. The fraction of sp³-hybridized carbons (Fsp3) is 0.488. The van der Waals surface area contributed by atoms with Gasteiger partial charge in [-0.2, -0.15) is 13.2 Å². The van der Waals surface area contributed by atoms with Crippen LogP contribution in [0.25, 0.3) is 0 Å². The Morgan fingerprint density at radius 1 is 0.768 bits per heavy atom. The van der Waals surface area contributed by atoms with Crippen LogP contribution in [0.4, 0.5) is 18.9 Å². The van der Waals surface area contributed by atoms with Crippen LogP contribution in [0.1, 0.15) is 62.5 Å². The van der Waals surface area contributed by atoms with Gasteiger partial charge in [0.25, 0.3) is 0 Å². The highest BCUT2D eigenvalue weighted by Crippen LogP contribution is 2.40. The molecule has 4 unspecified atom stereocenters. The number of hydrogen-bond acceptors (Lipinski definition) is 6. The predicted octanol–water partition coefficient (Wildman–Crippen LogP) is 6.94. The highest BCUT2D eigenvalue weighted by molar-refractivity contribution is 7.99. The molecule has 3 fully saturated rings. The molecule has 56 heavy (non-hydrogen) atoms. The summed E-state index contributed by atoms with van der Waals surface area (Å²) < 4.78 is 46.7. The summed E-state index contributed by atoms with van der Waals surface area (Å²) in [6, 6.07) is 24.7. The number of rotatable bonds is 13. The van der Waals surface area contributed by atoms with E-state index in [-0.39, 0.29) is 35.9 Å². The van der Waals surface area contributed by atoms with E-state index >= 15 is 0 Å². The molecule has 6 atom stereocenters. The monoisotopic (exact) mass is 792 g/mol. The summed E-state index contributed by atoms with van der Waals surface area (Å²) in [5.41, 5.74) is 2.50. The number of para-hydroxylation sites is 2. The van der Waals surface area contributed by atoms with Crippen molar-refractivity contribution < 1.29 is 37.1 Å². The number of hydrogen-bond donors (Lipinski definition) is 2. The maximum absolute atomic E-state index is 14.3. The van der Waals surface area contributed by atoms with E-state index in [4.69, 9.17) is 4.74 Å². The van der Waals surface area contributed by atoms with Gasteiger partial charge in [0.05, 0.1) is 24.1 Å². The second-order valence-corrected chi connectivity index (χ2v) is 16.3. The van der Waals surface area contributed by atoms with Crippen molar-refractivity contribution in [2.24, 2.45) is 17.8 Å². The van der Waals surface area contributed by atoms with Crippen LogP contribution < -0.4 is 20.3 Å². The molecule has 0 aromatic heterocycles. The van der Waals surface area contributed by atoms with E-state index in [1.807, 2.05) is 78.9 Å². The summed E-state index contributed by atoms with van der Waals surface area (Å²) in [5.74, 6) is -3.02. The number of carbonyl (C=O) groups is 4. The number of nitrogens with zero attached hydrogens (tertiary/aromatic N) is 2. The number of nitrogens with one attached hydrogen (secondary N) is 2. The number of amides is 4. The number of thioether (sulfide) groups is 1. The molecule has 4 amide bonds. The van der Waals surface area contributed by atoms with E-state index in [1.165, 1.54) is 16.7 Å². The van der Waals surface area contributed by atoms with Crippen LogP contribution in [0.3, 0.4) is 0 Å². The van der Waals surface area contributed by atoms with E-state index < -0.39 is 48.5 Å². The standard InChI is InChI=1S/C43H51F3N4O5S/c1-55-37-18-9-8-17-36(37)49-24-11-10-16-34(41(49)53)47-39(51)31(26-29-12-4-2-5-13-29)19-20-32(27-30-14-6-3-7-15-30)40(52)48-35-23-25-56-38-22-21-33(43(44,45)46)28-50(38)42(35)54/h2-9,12-15,17-18,31-35,38H,10-11,16,19-28H2,1H3,(H,47,51)(H,48,52)/t31?,32?,33?,34?,35-,38-/m0/s1. The van der Waals surface area contributed by atoms with Gasteiger partial charge in [-0.3, -0.25) is 19.2 Å². The molecule has 3 aliphatic heterocycles. The van der Waals surface area contributed by atoms with Crippen molar-refractivity contribution in [3.8, 4) is 5.75 Å². The van der Waals surface area contributed by atoms with Gasteiger partial charge >= 0.3 is 6.18 Å². The van der Waals surface area contributed by atoms with Gasteiger partial charge < -0.3 is 25.2 Å². The molecular weight excluding hydrogens is 742 g/mol.